The summed E-state index contributed by atoms with van der Waals surface area (Å²) in [5, 5.41) is 11.5. The fourth-order valence-electron chi connectivity index (χ4n) is 3.38. The molecule has 0 N–H and O–H groups in total. The number of rotatable bonds is 7. The van der Waals surface area contributed by atoms with E-state index in [0.29, 0.717) is 28.2 Å². The quantitative estimate of drug-likeness (QED) is 0.147. The van der Waals surface area contributed by atoms with Crippen molar-refractivity contribution in [2.45, 2.75) is 13.5 Å². The molecule has 0 unspecified atom stereocenters. The molecule has 1 aliphatic rings. The van der Waals surface area contributed by atoms with E-state index in [4.69, 9.17) is 25.8 Å². The number of carbonyl (C=O) groups is 1. The SMILES string of the molecule is COc1cc(/C=C2\N=C(c3ccc(C)c([N+](=O)[O-])c3)OC2=O)cc(Cl)c1OCc1cccc(Br)c1. The first-order valence-electron chi connectivity index (χ1n) is 10.3. The van der Waals surface area contributed by atoms with Crippen LogP contribution in [0.4, 0.5) is 5.69 Å². The van der Waals surface area contributed by atoms with Crippen molar-refractivity contribution in [3.8, 4) is 11.5 Å². The molecule has 0 saturated heterocycles. The Balaban J connectivity index is 1.61. The number of benzene rings is 3. The number of ether oxygens (including phenoxy) is 3. The van der Waals surface area contributed by atoms with Gasteiger partial charge in [0.2, 0.25) is 5.90 Å². The molecule has 3 aromatic rings. The molecular weight excluding hydrogens is 540 g/mol. The zero-order valence-corrected chi connectivity index (χ0v) is 20.9. The molecule has 4 rings (SSSR count). The monoisotopic (exact) mass is 556 g/mol. The number of aliphatic imine (C=N–C) groups is 1. The third-order valence-electron chi connectivity index (χ3n) is 5.10. The van der Waals surface area contributed by atoms with E-state index in [-0.39, 0.29) is 28.9 Å². The molecule has 0 saturated carbocycles. The molecule has 0 spiro atoms. The molecule has 0 bridgehead atoms. The standard InChI is InChI=1S/C25H18BrClN2O6/c1-14-6-7-17(12-21(14)29(31)32)24-28-20(25(30)35-24)10-16-9-19(27)23(22(11-16)33-2)34-13-15-4-3-5-18(26)8-15/h3-12H,13H2,1-2H3/b20-10-. The van der Waals surface area contributed by atoms with Gasteiger partial charge in [-0.2, -0.15) is 0 Å². The van der Waals surface area contributed by atoms with E-state index in [1.807, 2.05) is 24.3 Å². The molecule has 0 aliphatic carbocycles. The number of methoxy groups -OCH3 is 1. The molecule has 3 aromatic carbocycles. The van der Waals surface area contributed by atoms with Gasteiger partial charge in [-0.3, -0.25) is 10.1 Å². The predicted octanol–water partition coefficient (Wildman–Crippen LogP) is 6.25. The third kappa shape index (κ3) is 5.52. The summed E-state index contributed by atoms with van der Waals surface area (Å²) < 4.78 is 17.5. The first-order chi connectivity index (χ1) is 16.7. The minimum Gasteiger partial charge on any atom is -0.493 e. The summed E-state index contributed by atoms with van der Waals surface area (Å²) in [5.41, 5.74) is 2.22. The summed E-state index contributed by atoms with van der Waals surface area (Å²) in [6.07, 6.45) is 1.49. The minimum absolute atomic E-state index is 0.0172. The highest BCUT2D eigenvalue weighted by molar-refractivity contribution is 9.10. The lowest BCUT2D eigenvalue weighted by molar-refractivity contribution is -0.385. The topological polar surface area (TPSA) is 100 Å². The Morgan fingerprint density at radius 1 is 1.20 bits per heavy atom. The number of aryl methyl sites for hydroxylation is 1. The molecule has 0 amide bonds. The van der Waals surface area contributed by atoms with Crippen molar-refractivity contribution in [2.75, 3.05) is 7.11 Å². The first kappa shape index (κ1) is 24.4. The summed E-state index contributed by atoms with van der Waals surface area (Å²) in [5.74, 6) is 0.0372. The van der Waals surface area contributed by atoms with Gasteiger partial charge in [0, 0.05) is 21.7 Å². The van der Waals surface area contributed by atoms with Gasteiger partial charge < -0.3 is 14.2 Å². The maximum absolute atomic E-state index is 12.4. The summed E-state index contributed by atoms with van der Waals surface area (Å²) in [7, 11) is 1.49. The Bertz CT molecular complexity index is 1400. The van der Waals surface area contributed by atoms with Crippen LogP contribution >= 0.6 is 27.5 Å². The first-order valence-corrected chi connectivity index (χ1v) is 11.4. The zero-order chi connectivity index (χ0) is 25.1. The van der Waals surface area contributed by atoms with Crippen LogP contribution in [0.15, 0.2) is 69.8 Å². The summed E-state index contributed by atoms with van der Waals surface area (Å²) in [6, 6.07) is 15.5. The highest BCUT2D eigenvalue weighted by Gasteiger charge is 2.26. The second-order valence-corrected chi connectivity index (χ2v) is 8.87. The largest absolute Gasteiger partial charge is 0.493 e. The summed E-state index contributed by atoms with van der Waals surface area (Å²) in [4.78, 5) is 27.4. The Morgan fingerprint density at radius 3 is 2.71 bits per heavy atom. The molecule has 0 aromatic heterocycles. The molecule has 0 fully saturated rings. The normalized spacial score (nSPS) is 14.0. The zero-order valence-electron chi connectivity index (χ0n) is 18.6. The van der Waals surface area contributed by atoms with E-state index in [1.165, 1.54) is 19.3 Å². The van der Waals surface area contributed by atoms with Crippen LogP contribution in [0.5, 0.6) is 11.5 Å². The van der Waals surface area contributed by atoms with E-state index in [0.717, 1.165) is 10.0 Å². The summed E-state index contributed by atoms with van der Waals surface area (Å²) in [6.45, 7) is 1.90. The predicted molar refractivity (Wildman–Crippen MR) is 135 cm³/mol. The fourth-order valence-corrected chi connectivity index (χ4v) is 4.10. The number of esters is 1. The maximum atomic E-state index is 12.4. The van der Waals surface area contributed by atoms with E-state index in [1.54, 1.807) is 31.2 Å². The molecule has 10 heteroatoms. The van der Waals surface area contributed by atoms with Gasteiger partial charge in [0.1, 0.15) is 6.61 Å². The van der Waals surface area contributed by atoms with Gasteiger partial charge in [0.25, 0.3) is 5.69 Å². The van der Waals surface area contributed by atoms with Crippen molar-refractivity contribution in [3.63, 3.8) is 0 Å². The number of nitro benzene ring substituents is 1. The van der Waals surface area contributed by atoms with Crippen molar-refractivity contribution in [1.82, 2.24) is 0 Å². The van der Waals surface area contributed by atoms with Gasteiger partial charge in [-0.15, -0.1) is 0 Å². The van der Waals surface area contributed by atoms with E-state index in [2.05, 4.69) is 20.9 Å². The van der Waals surface area contributed by atoms with Crippen LogP contribution in [-0.4, -0.2) is 23.9 Å². The van der Waals surface area contributed by atoms with Crippen LogP contribution in [0, 0.1) is 17.0 Å². The van der Waals surface area contributed by atoms with Gasteiger partial charge in [-0.05, 0) is 54.5 Å². The highest BCUT2D eigenvalue weighted by Crippen LogP contribution is 2.38. The van der Waals surface area contributed by atoms with Gasteiger partial charge in [0.05, 0.1) is 17.1 Å². The highest BCUT2D eigenvalue weighted by atomic mass is 79.9. The molecular formula is C25H18BrClN2O6. The molecule has 35 heavy (non-hydrogen) atoms. The van der Waals surface area contributed by atoms with Crippen molar-refractivity contribution >= 4 is 51.2 Å². The van der Waals surface area contributed by atoms with E-state index in [9.17, 15) is 14.9 Å². The Hall–Kier alpha value is -3.69. The Labute approximate surface area is 214 Å². The van der Waals surface area contributed by atoms with Crippen molar-refractivity contribution < 1.29 is 23.9 Å². The number of cyclic esters (lactones) is 1. The van der Waals surface area contributed by atoms with Gasteiger partial charge in [0.15, 0.2) is 17.2 Å². The van der Waals surface area contributed by atoms with Crippen LogP contribution < -0.4 is 9.47 Å². The van der Waals surface area contributed by atoms with E-state index < -0.39 is 10.9 Å². The van der Waals surface area contributed by atoms with Crippen molar-refractivity contribution in [3.05, 3.63) is 102 Å². The number of nitro groups is 1. The second-order valence-electron chi connectivity index (χ2n) is 7.55. The number of hydrogen-bond donors (Lipinski definition) is 0. The second kappa shape index (κ2) is 10.3. The van der Waals surface area contributed by atoms with Crippen LogP contribution in [0.25, 0.3) is 6.08 Å². The number of halogens is 2. The molecule has 0 atom stereocenters. The van der Waals surface area contributed by atoms with Gasteiger partial charge in [-0.25, -0.2) is 9.79 Å². The molecule has 1 heterocycles. The van der Waals surface area contributed by atoms with E-state index >= 15 is 0 Å². The minimum atomic E-state index is -0.687. The van der Waals surface area contributed by atoms with Crippen molar-refractivity contribution in [2.24, 2.45) is 4.99 Å². The van der Waals surface area contributed by atoms with Crippen LogP contribution in [0.3, 0.4) is 0 Å². The molecule has 0 radical (unpaired) electrons. The van der Waals surface area contributed by atoms with Crippen LogP contribution in [-0.2, 0) is 16.1 Å². The fraction of sp³-hybridized carbons (Fsp3) is 0.120. The lowest BCUT2D eigenvalue weighted by atomic mass is 10.1. The third-order valence-corrected chi connectivity index (χ3v) is 5.87. The van der Waals surface area contributed by atoms with Crippen LogP contribution in [0.1, 0.15) is 22.3 Å². The molecule has 8 nitrogen and oxygen atoms in total. The maximum Gasteiger partial charge on any atom is 0.363 e. The smallest absolute Gasteiger partial charge is 0.363 e. The Kier molecular flexibility index (Phi) is 7.18. The van der Waals surface area contributed by atoms with Crippen LogP contribution in [0.2, 0.25) is 5.02 Å². The lowest BCUT2D eigenvalue weighted by Gasteiger charge is -2.13. The number of carbonyl (C=O) groups excluding carboxylic acids is 1. The Morgan fingerprint density at radius 2 is 2.00 bits per heavy atom. The average Bonchev–Trinajstić information content (AvgIpc) is 3.18. The summed E-state index contributed by atoms with van der Waals surface area (Å²) >= 11 is 9.89. The average molecular weight is 558 g/mol. The van der Waals surface area contributed by atoms with Gasteiger partial charge in [-0.1, -0.05) is 45.7 Å². The molecule has 1 aliphatic heterocycles. The number of hydrogen-bond acceptors (Lipinski definition) is 7. The van der Waals surface area contributed by atoms with Crippen molar-refractivity contribution in [1.29, 1.82) is 0 Å². The molecule has 178 valence electrons. The number of nitrogens with zero attached hydrogens (tertiary/aromatic N) is 2. The van der Waals surface area contributed by atoms with Gasteiger partial charge >= 0.3 is 5.97 Å². The lowest BCUT2D eigenvalue weighted by Crippen LogP contribution is -2.06.